The molecular weight excluding hydrogens is 174 g/mol. The lowest BCUT2D eigenvalue weighted by molar-refractivity contribution is 0.671. The van der Waals surface area contributed by atoms with E-state index in [-0.39, 0.29) is 0 Å². The van der Waals surface area contributed by atoms with E-state index < -0.39 is 0 Å². The van der Waals surface area contributed by atoms with Crippen LogP contribution in [0.3, 0.4) is 0 Å². The Morgan fingerprint density at radius 1 is 1.43 bits per heavy atom. The summed E-state index contributed by atoms with van der Waals surface area (Å²) in [5.41, 5.74) is 14.1. The molecule has 2 unspecified atom stereocenters. The number of rotatable bonds is 1. The van der Waals surface area contributed by atoms with Crippen molar-refractivity contribution in [2.45, 2.75) is 38.1 Å². The molecular formula is C11H17N3. The van der Waals surface area contributed by atoms with Gasteiger partial charge in [-0.2, -0.15) is 0 Å². The molecule has 0 radical (unpaired) electrons. The summed E-state index contributed by atoms with van der Waals surface area (Å²) in [6, 6.07) is 2.32. The van der Waals surface area contributed by atoms with Crippen LogP contribution in [0.1, 0.15) is 36.3 Å². The van der Waals surface area contributed by atoms with Crippen molar-refractivity contribution in [3.05, 3.63) is 23.4 Å². The third kappa shape index (κ3) is 1.73. The Hall–Kier alpha value is -1.09. The summed E-state index contributed by atoms with van der Waals surface area (Å²) in [7, 11) is 0. The van der Waals surface area contributed by atoms with Crippen molar-refractivity contribution >= 4 is 5.82 Å². The number of aromatic nitrogens is 1. The maximum atomic E-state index is 5.90. The van der Waals surface area contributed by atoms with Gasteiger partial charge in [0.25, 0.3) is 0 Å². The monoisotopic (exact) mass is 191 g/mol. The van der Waals surface area contributed by atoms with Gasteiger partial charge >= 0.3 is 0 Å². The minimum Gasteiger partial charge on any atom is -0.384 e. The van der Waals surface area contributed by atoms with Gasteiger partial charge in [0.2, 0.25) is 0 Å². The number of hydrogen-bond acceptors (Lipinski definition) is 3. The van der Waals surface area contributed by atoms with Crippen LogP contribution in [0.4, 0.5) is 5.82 Å². The van der Waals surface area contributed by atoms with E-state index in [4.69, 9.17) is 11.5 Å². The highest BCUT2D eigenvalue weighted by molar-refractivity contribution is 5.38. The summed E-state index contributed by atoms with van der Waals surface area (Å²) in [5, 5.41) is 0. The van der Waals surface area contributed by atoms with Crippen LogP contribution in [0.25, 0.3) is 0 Å². The molecule has 2 rings (SSSR count). The van der Waals surface area contributed by atoms with Gasteiger partial charge in [-0.05, 0) is 49.3 Å². The molecule has 0 aromatic carbocycles. The van der Waals surface area contributed by atoms with Gasteiger partial charge in [0.05, 0.1) is 0 Å². The Morgan fingerprint density at radius 2 is 2.21 bits per heavy atom. The zero-order valence-electron chi connectivity index (χ0n) is 8.53. The van der Waals surface area contributed by atoms with Crippen LogP contribution in [-0.4, -0.2) is 11.0 Å². The molecule has 76 valence electrons. The topological polar surface area (TPSA) is 64.9 Å². The van der Waals surface area contributed by atoms with E-state index >= 15 is 0 Å². The lowest BCUT2D eigenvalue weighted by atomic mass is 9.95. The molecule has 1 aliphatic carbocycles. The van der Waals surface area contributed by atoms with Crippen LogP contribution >= 0.6 is 0 Å². The summed E-state index contributed by atoms with van der Waals surface area (Å²) in [5.74, 6) is 1.20. The van der Waals surface area contributed by atoms with E-state index in [0.29, 0.717) is 17.8 Å². The minimum atomic E-state index is 0.372. The quantitative estimate of drug-likeness (QED) is 0.708. The zero-order chi connectivity index (χ0) is 10.1. The lowest BCUT2D eigenvalue weighted by Crippen LogP contribution is -2.14. The Balaban J connectivity index is 2.24. The molecule has 1 aromatic heterocycles. The van der Waals surface area contributed by atoms with Crippen molar-refractivity contribution in [1.29, 1.82) is 0 Å². The number of nitrogens with zero attached hydrogens (tertiary/aromatic N) is 1. The van der Waals surface area contributed by atoms with Crippen LogP contribution in [0.2, 0.25) is 0 Å². The molecule has 1 heterocycles. The number of nitrogens with two attached hydrogens (primary N) is 2. The highest BCUT2D eigenvalue weighted by Gasteiger charge is 2.24. The summed E-state index contributed by atoms with van der Waals surface area (Å²) < 4.78 is 0. The van der Waals surface area contributed by atoms with Gasteiger partial charge in [-0.25, -0.2) is 4.98 Å². The normalized spacial score (nSPS) is 26.7. The summed E-state index contributed by atoms with van der Waals surface area (Å²) >= 11 is 0. The van der Waals surface area contributed by atoms with Gasteiger partial charge in [-0.1, -0.05) is 0 Å². The summed E-state index contributed by atoms with van der Waals surface area (Å²) in [6.07, 6.45) is 5.32. The maximum Gasteiger partial charge on any atom is 0.123 e. The molecule has 1 fully saturated rings. The first-order chi connectivity index (χ1) is 6.66. The van der Waals surface area contributed by atoms with Crippen molar-refractivity contribution in [1.82, 2.24) is 4.98 Å². The first-order valence-electron chi connectivity index (χ1n) is 5.14. The lowest BCUT2D eigenvalue weighted by Gasteiger charge is -2.12. The molecule has 1 saturated carbocycles. The third-order valence-corrected chi connectivity index (χ3v) is 3.09. The zero-order valence-corrected chi connectivity index (χ0v) is 8.53. The van der Waals surface area contributed by atoms with Crippen molar-refractivity contribution in [2.75, 3.05) is 5.73 Å². The molecule has 0 saturated heterocycles. The Bertz CT molecular complexity index is 335. The van der Waals surface area contributed by atoms with E-state index in [1.165, 1.54) is 17.5 Å². The van der Waals surface area contributed by atoms with E-state index in [1.807, 2.05) is 12.3 Å². The average Bonchev–Trinajstić information content (AvgIpc) is 2.51. The Labute approximate surface area is 84.5 Å². The van der Waals surface area contributed by atoms with Crippen LogP contribution in [0, 0.1) is 6.92 Å². The molecule has 0 amide bonds. The molecule has 0 bridgehead atoms. The Morgan fingerprint density at radius 3 is 2.79 bits per heavy atom. The standard InChI is InChI=1S/C11H17N3/c1-7-4-11(13)14-6-10(7)8-2-3-9(12)5-8/h4,6,8-9H,2-3,5,12H2,1H3,(H2,13,14). The predicted octanol–water partition coefficient (Wildman–Crippen LogP) is 1.57. The van der Waals surface area contributed by atoms with Gasteiger partial charge in [0.1, 0.15) is 5.82 Å². The SMILES string of the molecule is Cc1cc(N)ncc1C1CCC(N)C1. The fourth-order valence-electron chi connectivity index (χ4n) is 2.31. The average molecular weight is 191 g/mol. The Kier molecular flexibility index (Phi) is 2.42. The maximum absolute atomic E-state index is 5.90. The van der Waals surface area contributed by atoms with Crippen molar-refractivity contribution in [3.8, 4) is 0 Å². The fourth-order valence-corrected chi connectivity index (χ4v) is 2.31. The van der Waals surface area contributed by atoms with Crippen LogP contribution in [0.15, 0.2) is 12.3 Å². The molecule has 1 aliphatic rings. The van der Waals surface area contributed by atoms with Crippen LogP contribution in [-0.2, 0) is 0 Å². The molecule has 0 spiro atoms. The number of hydrogen-bond donors (Lipinski definition) is 2. The van der Waals surface area contributed by atoms with Crippen molar-refractivity contribution < 1.29 is 0 Å². The highest BCUT2D eigenvalue weighted by Crippen LogP contribution is 2.34. The molecule has 14 heavy (non-hydrogen) atoms. The summed E-state index contributed by atoms with van der Waals surface area (Å²) in [6.45, 7) is 2.09. The van der Waals surface area contributed by atoms with Gasteiger partial charge in [-0.3, -0.25) is 0 Å². The first kappa shape index (κ1) is 9.46. The number of pyridine rings is 1. The second-order valence-electron chi connectivity index (χ2n) is 4.24. The number of anilines is 1. The number of aryl methyl sites for hydroxylation is 1. The highest BCUT2D eigenvalue weighted by atomic mass is 14.8. The summed E-state index contributed by atoms with van der Waals surface area (Å²) in [4.78, 5) is 4.15. The molecule has 3 heteroatoms. The molecule has 1 aromatic rings. The molecule has 0 aliphatic heterocycles. The number of nitrogen functional groups attached to an aromatic ring is 1. The van der Waals surface area contributed by atoms with E-state index in [9.17, 15) is 0 Å². The third-order valence-electron chi connectivity index (χ3n) is 3.09. The van der Waals surface area contributed by atoms with Gasteiger partial charge in [0, 0.05) is 12.2 Å². The minimum absolute atomic E-state index is 0.372. The largest absolute Gasteiger partial charge is 0.384 e. The first-order valence-corrected chi connectivity index (χ1v) is 5.14. The molecule has 3 nitrogen and oxygen atoms in total. The fraction of sp³-hybridized carbons (Fsp3) is 0.545. The van der Waals surface area contributed by atoms with Gasteiger partial charge in [0.15, 0.2) is 0 Å². The van der Waals surface area contributed by atoms with Gasteiger partial charge < -0.3 is 11.5 Å². The van der Waals surface area contributed by atoms with Crippen LogP contribution < -0.4 is 11.5 Å². The predicted molar refractivity (Wildman–Crippen MR) is 58.0 cm³/mol. The van der Waals surface area contributed by atoms with Crippen molar-refractivity contribution in [2.24, 2.45) is 5.73 Å². The second kappa shape index (κ2) is 3.58. The van der Waals surface area contributed by atoms with E-state index in [0.717, 1.165) is 12.8 Å². The molecule has 4 N–H and O–H groups in total. The molecule has 2 atom stereocenters. The van der Waals surface area contributed by atoms with Gasteiger partial charge in [-0.15, -0.1) is 0 Å². The smallest absolute Gasteiger partial charge is 0.123 e. The van der Waals surface area contributed by atoms with Crippen molar-refractivity contribution in [3.63, 3.8) is 0 Å². The van der Waals surface area contributed by atoms with E-state index in [2.05, 4.69) is 11.9 Å². The van der Waals surface area contributed by atoms with E-state index in [1.54, 1.807) is 0 Å². The van der Waals surface area contributed by atoms with Crippen LogP contribution in [0.5, 0.6) is 0 Å². The second-order valence-corrected chi connectivity index (χ2v) is 4.24.